The van der Waals surface area contributed by atoms with Gasteiger partial charge in [-0.1, -0.05) is 19.1 Å². The average Bonchev–Trinajstić information content (AvgIpc) is 2.56. The van der Waals surface area contributed by atoms with E-state index in [1.807, 2.05) is 43.1 Å². The van der Waals surface area contributed by atoms with Crippen molar-refractivity contribution in [1.82, 2.24) is 10.2 Å². The first kappa shape index (κ1) is 20.9. The lowest BCUT2D eigenvalue weighted by Crippen LogP contribution is -2.45. The fourth-order valence-electron chi connectivity index (χ4n) is 2.86. The Morgan fingerprint density at radius 1 is 1.29 bits per heavy atom. The van der Waals surface area contributed by atoms with E-state index in [0.717, 1.165) is 10.2 Å². The molecule has 0 saturated carbocycles. The van der Waals surface area contributed by atoms with E-state index in [4.69, 9.17) is 0 Å². The normalized spacial score (nSPS) is 16.2. The number of hydrogen-bond acceptors (Lipinski definition) is 3. The molecule has 0 aliphatic carbocycles. The maximum atomic E-state index is 12.4. The van der Waals surface area contributed by atoms with Gasteiger partial charge in [-0.15, -0.1) is 12.4 Å². The molecule has 1 fully saturated rings. The fraction of sp³-hybridized carbons (Fsp3) is 0.529. The van der Waals surface area contributed by atoms with Crippen molar-refractivity contribution in [2.24, 2.45) is 11.8 Å². The van der Waals surface area contributed by atoms with Crippen molar-refractivity contribution < 1.29 is 9.59 Å². The van der Waals surface area contributed by atoms with Gasteiger partial charge in [-0.2, -0.15) is 0 Å². The highest BCUT2D eigenvalue weighted by molar-refractivity contribution is 9.10. The van der Waals surface area contributed by atoms with Gasteiger partial charge in [0.25, 0.3) is 0 Å². The number of rotatable bonds is 5. The minimum atomic E-state index is -0.0363. The lowest BCUT2D eigenvalue weighted by atomic mass is 9.95. The van der Waals surface area contributed by atoms with Gasteiger partial charge >= 0.3 is 0 Å². The summed E-state index contributed by atoms with van der Waals surface area (Å²) in [6.07, 6.45) is 1.43. The lowest BCUT2D eigenvalue weighted by Gasteiger charge is -2.33. The Bertz CT molecular complexity index is 563. The second-order valence-corrected chi connectivity index (χ2v) is 6.88. The SMILES string of the molecule is CNCC(C)C(=O)N1CCC(C(=O)Nc2ccccc2Br)CC1.Cl. The van der Waals surface area contributed by atoms with Gasteiger partial charge in [-0.3, -0.25) is 9.59 Å². The Balaban J connectivity index is 0.00000288. The van der Waals surface area contributed by atoms with E-state index in [0.29, 0.717) is 32.5 Å². The monoisotopic (exact) mass is 417 g/mol. The number of benzene rings is 1. The second kappa shape index (κ2) is 10.0. The summed E-state index contributed by atoms with van der Waals surface area (Å²) in [4.78, 5) is 26.5. The van der Waals surface area contributed by atoms with Crippen LogP contribution >= 0.6 is 28.3 Å². The molecule has 1 aliphatic rings. The van der Waals surface area contributed by atoms with Gasteiger partial charge in [0.05, 0.1) is 5.69 Å². The highest BCUT2D eigenvalue weighted by Gasteiger charge is 2.29. The molecule has 134 valence electrons. The first-order chi connectivity index (χ1) is 11.0. The van der Waals surface area contributed by atoms with Gasteiger partial charge in [0.15, 0.2) is 0 Å². The number of carbonyl (C=O) groups is 2. The third kappa shape index (κ3) is 5.46. The minimum Gasteiger partial charge on any atom is -0.342 e. The molecule has 0 bridgehead atoms. The van der Waals surface area contributed by atoms with Crippen LogP contribution in [-0.4, -0.2) is 43.4 Å². The molecule has 1 aromatic carbocycles. The summed E-state index contributed by atoms with van der Waals surface area (Å²) in [5.41, 5.74) is 0.790. The van der Waals surface area contributed by atoms with Crippen molar-refractivity contribution in [3.8, 4) is 0 Å². The van der Waals surface area contributed by atoms with Crippen LogP contribution in [-0.2, 0) is 9.59 Å². The van der Waals surface area contributed by atoms with Crippen LogP contribution in [0.15, 0.2) is 28.7 Å². The van der Waals surface area contributed by atoms with Crippen LogP contribution in [0.1, 0.15) is 19.8 Å². The maximum Gasteiger partial charge on any atom is 0.227 e. The van der Waals surface area contributed by atoms with Gasteiger partial charge in [-0.25, -0.2) is 0 Å². The Hall–Kier alpha value is -1.11. The molecule has 2 N–H and O–H groups in total. The third-order valence-electron chi connectivity index (χ3n) is 4.24. The summed E-state index contributed by atoms with van der Waals surface area (Å²) in [5.74, 6) is 0.146. The van der Waals surface area contributed by atoms with Crippen LogP contribution < -0.4 is 10.6 Å². The number of hydrogen-bond donors (Lipinski definition) is 2. The highest BCUT2D eigenvalue weighted by atomic mass is 79.9. The molecule has 0 radical (unpaired) electrons. The van der Waals surface area contributed by atoms with Gasteiger partial charge < -0.3 is 15.5 Å². The molecule has 0 spiro atoms. The van der Waals surface area contributed by atoms with E-state index < -0.39 is 0 Å². The van der Waals surface area contributed by atoms with Crippen molar-refractivity contribution in [3.63, 3.8) is 0 Å². The Morgan fingerprint density at radius 3 is 2.50 bits per heavy atom. The molecule has 2 amide bonds. The number of nitrogens with one attached hydrogen (secondary N) is 2. The predicted octanol–water partition coefficient (Wildman–Crippen LogP) is 2.90. The quantitative estimate of drug-likeness (QED) is 0.773. The van der Waals surface area contributed by atoms with Crippen LogP contribution in [0.25, 0.3) is 0 Å². The number of anilines is 1. The molecule has 1 heterocycles. The van der Waals surface area contributed by atoms with Crippen LogP contribution in [0.5, 0.6) is 0 Å². The zero-order valence-electron chi connectivity index (χ0n) is 14.0. The van der Waals surface area contributed by atoms with Crippen molar-refractivity contribution in [2.75, 3.05) is 32.0 Å². The first-order valence-corrected chi connectivity index (χ1v) is 8.81. The zero-order valence-corrected chi connectivity index (χ0v) is 16.5. The number of likely N-dealkylation sites (tertiary alicyclic amines) is 1. The molecule has 1 aromatic rings. The number of halogens is 2. The van der Waals surface area contributed by atoms with Crippen molar-refractivity contribution in [1.29, 1.82) is 0 Å². The molecule has 0 aromatic heterocycles. The van der Waals surface area contributed by atoms with E-state index in [-0.39, 0.29) is 36.1 Å². The standard InChI is InChI=1S/C17H24BrN3O2.ClH/c1-12(11-19-2)17(23)21-9-7-13(8-10-21)16(22)20-15-6-4-3-5-14(15)18;/h3-6,12-13,19H,7-11H2,1-2H3,(H,20,22);1H. The molecule has 2 rings (SSSR count). The maximum absolute atomic E-state index is 12.4. The molecule has 1 aliphatic heterocycles. The largest absolute Gasteiger partial charge is 0.342 e. The number of piperidine rings is 1. The number of nitrogens with zero attached hydrogens (tertiary/aromatic N) is 1. The molecular formula is C17H25BrClN3O2. The van der Waals surface area contributed by atoms with Gasteiger partial charge in [0.1, 0.15) is 0 Å². The Morgan fingerprint density at radius 2 is 1.92 bits per heavy atom. The van der Waals surface area contributed by atoms with E-state index in [1.54, 1.807) is 0 Å². The van der Waals surface area contributed by atoms with Gasteiger partial charge in [0, 0.05) is 35.9 Å². The number of carbonyl (C=O) groups excluding carboxylic acids is 2. The van der Waals surface area contributed by atoms with E-state index >= 15 is 0 Å². The highest BCUT2D eigenvalue weighted by Crippen LogP contribution is 2.24. The predicted molar refractivity (Wildman–Crippen MR) is 102 cm³/mol. The first-order valence-electron chi connectivity index (χ1n) is 8.01. The molecule has 5 nitrogen and oxygen atoms in total. The van der Waals surface area contributed by atoms with Crippen LogP contribution in [0.3, 0.4) is 0 Å². The summed E-state index contributed by atoms with van der Waals surface area (Å²) in [6, 6.07) is 7.58. The van der Waals surface area contributed by atoms with Crippen molar-refractivity contribution in [2.45, 2.75) is 19.8 Å². The summed E-state index contributed by atoms with van der Waals surface area (Å²) in [7, 11) is 1.85. The van der Waals surface area contributed by atoms with Crippen LogP contribution in [0, 0.1) is 11.8 Å². The minimum absolute atomic E-state index is 0. The molecule has 1 atom stereocenters. The summed E-state index contributed by atoms with van der Waals surface area (Å²) >= 11 is 3.43. The summed E-state index contributed by atoms with van der Waals surface area (Å²) in [6.45, 7) is 3.92. The Labute approximate surface area is 158 Å². The summed E-state index contributed by atoms with van der Waals surface area (Å²) in [5, 5.41) is 6.00. The third-order valence-corrected chi connectivity index (χ3v) is 4.93. The number of para-hydroxylation sites is 1. The second-order valence-electron chi connectivity index (χ2n) is 6.03. The molecule has 24 heavy (non-hydrogen) atoms. The van der Waals surface area contributed by atoms with Crippen LogP contribution in [0.4, 0.5) is 5.69 Å². The Kier molecular flexibility index (Phi) is 8.73. The van der Waals surface area contributed by atoms with Crippen molar-refractivity contribution in [3.05, 3.63) is 28.7 Å². The van der Waals surface area contributed by atoms with Crippen LogP contribution in [0.2, 0.25) is 0 Å². The van der Waals surface area contributed by atoms with Gasteiger partial charge in [0.2, 0.25) is 11.8 Å². The molecule has 1 saturated heterocycles. The van der Waals surface area contributed by atoms with E-state index in [1.165, 1.54) is 0 Å². The number of amides is 2. The average molecular weight is 419 g/mol. The zero-order chi connectivity index (χ0) is 16.8. The smallest absolute Gasteiger partial charge is 0.227 e. The topological polar surface area (TPSA) is 61.4 Å². The van der Waals surface area contributed by atoms with Crippen molar-refractivity contribution >= 4 is 45.8 Å². The molecule has 1 unspecified atom stereocenters. The van der Waals surface area contributed by atoms with E-state index in [2.05, 4.69) is 26.6 Å². The summed E-state index contributed by atoms with van der Waals surface area (Å²) < 4.78 is 0.877. The molecular weight excluding hydrogens is 394 g/mol. The molecule has 7 heteroatoms. The van der Waals surface area contributed by atoms with Gasteiger partial charge in [-0.05, 0) is 48.0 Å². The lowest BCUT2D eigenvalue weighted by molar-refractivity contribution is -0.137. The fourth-order valence-corrected chi connectivity index (χ4v) is 3.25. The van der Waals surface area contributed by atoms with E-state index in [9.17, 15) is 9.59 Å².